The first-order chi connectivity index (χ1) is 8.59. The topological polar surface area (TPSA) is 20.2 Å². The van der Waals surface area contributed by atoms with E-state index in [1.165, 1.54) is 0 Å². The Balaban J connectivity index is 2.24. The molecular formula is C14H11BrCl2O. The molecule has 1 unspecified atom stereocenters. The zero-order chi connectivity index (χ0) is 13.1. The Hall–Kier alpha value is -0.540. The van der Waals surface area contributed by atoms with Gasteiger partial charge in [0.1, 0.15) is 0 Å². The third-order valence-corrected chi connectivity index (χ3v) is 4.29. The molecule has 0 bridgehead atoms. The van der Waals surface area contributed by atoms with E-state index >= 15 is 0 Å². The van der Waals surface area contributed by atoms with Crippen molar-refractivity contribution in [2.24, 2.45) is 0 Å². The highest BCUT2D eigenvalue weighted by Crippen LogP contribution is 2.31. The molecule has 0 heterocycles. The van der Waals surface area contributed by atoms with E-state index < -0.39 is 6.10 Å². The van der Waals surface area contributed by atoms with Crippen LogP contribution < -0.4 is 0 Å². The average molecular weight is 346 g/mol. The molecule has 0 radical (unpaired) electrons. The van der Waals surface area contributed by atoms with Crippen LogP contribution >= 0.6 is 39.1 Å². The quantitative estimate of drug-likeness (QED) is 0.826. The number of aliphatic hydroxyl groups is 1. The van der Waals surface area contributed by atoms with Gasteiger partial charge in [-0.1, -0.05) is 69.5 Å². The summed E-state index contributed by atoms with van der Waals surface area (Å²) in [6.45, 7) is 0. The molecule has 1 nitrogen and oxygen atoms in total. The second kappa shape index (κ2) is 6.07. The summed E-state index contributed by atoms with van der Waals surface area (Å²) in [5.74, 6) is 0. The van der Waals surface area contributed by atoms with Crippen molar-refractivity contribution in [1.82, 2.24) is 0 Å². The molecule has 0 amide bonds. The minimum Gasteiger partial charge on any atom is -0.388 e. The van der Waals surface area contributed by atoms with Crippen LogP contribution in [-0.4, -0.2) is 5.11 Å². The Morgan fingerprint density at radius 1 is 1.06 bits per heavy atom. The van der Waals surface area contributed by atoms with Gasteiger partial charge in [-0.05, 0) is 23.3 Å². The molecule has 0 saturated heterocycles. The normalized spacial score (nSPS) is 12.4. The minimum absolute atomic E-state index is 0.433. The Kier molecular flexibility index (Phi) is 4.68. The summed E-state index contributed by atoms with van der Waals surface area (Å²) >= 11 is 15.5. The van der Waals surface area contributed by atoms with Gasteiger partial charge >= 0.3 is 0 Å². The predicted octanol–water partition coefficient (Wildman–Crippen LogP) is 5.03. The van der Waals surface area contributed by atoms with Crippen molar-refractivity contribution >= 4 is 39.1 Å². The molecule has 0 aliphatic carbocycles. The lowest BCUT2D eigenvalue weighted by molar-refractivity contribution is 0.177. The van der Waals surface area contributed by atoms with Gasteiger partial charge in [-0.3, -0.25) is 0 Å². The number of halogens is 3. The smallest absolute Gasteiger partial charge is 0.0841 e. The Labute approximate surface area is 124 Å². The number of aliphatic hydroxyl groups excluding tert-OH is 1. The summed E-state index contributed by atoms with van der Waals surface area (Å²) in [7, 11) is 0. The SMILES string of the molecule is OC(Cc1cccc(Cl)c1Cl)c1ccccc1Br. The maximum absolute atomic E-state index is 10.2. The van der Waals surface area contributed by atoms with Crippen LogP contribution in [0, 0.1) is 0 Å². The van der Waals surface area contributed by atoms with Crippen molar-refractivity contribution in [2.75, 3.05) is 0 Å². The molecule has 2 aromatic rings. The number of benzene rings is 2. The molecule has 0 aromatic heterocycles. The fourth-order valence-electron chi connectivity index (χ4n) is 1.77. The second-order valence-electron chi connectivity index (χ2n) is 3.95. The van der Waals surface area contributed by atoms with Gasteiger partial charge in [0.25, 0.3) is 0 Å². The van der Waals surface area contributed by atoms with Gasteiger partial charge in [0.2, 0.25) is 0 Å². The molecule has 18 heavy (non-hydrogen) atoms. The summed E-state index contributed by atoms with van der Waals surface area (Å²) in [5.41, 5.74) is 1.68. The van der Waals surface area contributed by atoms with E-state index in [1.54, 1.807) is 6.07 Å². The van der Waals surface area contributed by atoms with E-state index in [2.05, 4.69) is 15.9 Å². The fraction of sp³-hybridized carbons (Fsp3) is 0.143. The molecule has 2 rings (SSSR count). The molecule has 0 fully saturated rings. The average Bonchev–Trinajstić information content (AvgIpc) is 2.35. The molecule has 0 aliphatic heterocycles. The molecule has 1 atom stereocenters. The third-order valence-electron chi connectivity index (χ3n) is 2.71. The zero-order valence-corrected chi connectivity index (χ0v) is 12.5. The van der Waals surface area contributed by atoms with Crippen LogP contribution in [0.4, 0.5) is 0 Å². The molecule has 94 valence electrons. The third kappa shape index (κ3) is 3.07. The van der Waals surface area contributed by atoms with Gasteiger partial charge in [0, 0.05) is 10.9 Å². The molecule has 0 saturated carbocycles. The molecule has 2 aromatic carbocycles. The lowest BCUT2D eigenvalue weighted by Gasteiger charge is -2.14. The zero-order valence-electron chi connectivity index (χ0n) is 9.41. The first-order valence-corrected chi connectivity index (χ1v) is 7.00. The fourth-order valence-corrected chi connectivity index (χ4v) is 2.72. The van der Waals surface area contributed by atoms with Gasteiger partial charge in [-0.25, -0.2) is 0 Å². The highest BCUT2D eigenvalue weighted by Gasteiger charge is 2.14. The van der Waals surface area contributed by atoms with E-state index in [-0.39, 0.29) is 0 Å². The molecule has 4 heteroatoms. The molecule has 0 spiro atoms. The summed E-state index contributed by atoms with van der Waals surface area (Å²) in [6.07, 6.45) is -0.182. The summed E-state index contributed by atoms with van der Waals surface area (Å²) in [5, 5.41) is 11.3. The standard InChI is InChI=1S/C14H11BrCl2O/c15-11-6-2-1-5-10(11)13(18)8-9-4-3-7-12(16)14(9)17/h1-7,13,18H,8H2. The van der Waals surface area contributed by atoms with E-state index in [1.807, 2.05) is 36.4 Å². The predicted molar refractivity (Wildman–Crippen MR) is 79.3 cm³/mol. The van der Waals surface area contributed by atoms with Crippen LogP contribution in [0.2, 0.25) is 10.0 Å². The molecule has 0 aliphatic rings. The van der Waals surface area contributed by atoms with Crippen LogP contribution in [0.15, 0.2) is 46.9 Å². The Morgan fingerprint density at radius 3 is 2.50 bits per heavy atom. The van der Waals surface area contributed by atoms with Crippen LogP contribution in [0.3, 0.4) is 0 Å². The van der Waals surface area contributed by atoms with Crippen molar-refractivity contribution in [2.45, 2.75) is 12.5 Å². The monoisotopic (exact) mass is 344 g/mol. The van der Waals surface area contributed by atoms with Crippen molar-refractivity contribution in [3.8, 4) is 0 Å². The van der Waals surface area contributed by atoms with Crippen LogP contribution in [-0.2, 0) is 6.42 Å². The first-order valence-electron chi connectivity index (χ1n) is 5.45. The Morgan fingerprint density at radius 2 is 1.78 bits per heavy atom. The first kappa shape index (κ1) is 13.9. The van der Waals surface area contributed by atoms with E-state index in [0.29, 0.717) is 16.5 Å². The van der Waals surface area contributed by atoms with E-state index in [0.717, 1.165) is 15.6 Å². The lowest BCUT2D eigenvalue weighted by atomic mass is 10.0. The van der Waals surface area contributed by atoms with Crippen LogP contribution in [0.25, 0.3) is 0 Å². The van der Waals surface area contributed by atoms with Crippen molar-refractivity contribution in [3.05, 3.63) is 68.1 Å². The van der Waals surface area contributed by atoms with Crippen molar-refractivity contribution < 1.29 is 5.11 Å². The molecular weight excluding hydrogens is 335 g/mol. The number of rotatable bonds is 3. The largest absolute Gasteiger partial charge is 0.388 e. The number of hydrogen-bond donors (Lipinski definition) is 1. The van der Waals surface area contributed by atoms with Crippen molar-refractivity contribution in [3.63, 3.8) is 0 Å². The maximum atomic E-state index is 10.2. The maximum Gasteiger partial charge on any atom is 0.0841 e. The minimum atomic E-state index is -0.614. The van der Waals surface area contributed by atoms with Gasteiger partial charge in [-0.15, -0.1) is 0 Å². The van der Waals surface area contributed by atoms with Crippen LogP contribution in [0.1, 0.15) is 17.2 Å². The van der Waals surface area contributed by atoms with E-state index in [9.17, 15) is 5.11 Å². The second-order valence-corrected chi connectivity index (χ2v) is 5.59. The van der Waals surface area contributed by atoms with E-state index in [4.69, 9.17) is 23.2 Å². The summed E-state index contributed by atoms with van der Waals surface area (Å²) in [4.78, 5) is 0. The van der Waals surface area contributed by atoms with Crippen LogP contribution in [0.5, 0.6) is 0 Å². The molecule has 1 N–H and O–H groups in total. The number of hydrogen-bond acceptors (Lipinski definition) is 1. The summed E-state index contributed by atoms with van der Waals surface area (Å²) < 4.78 is 0.885. The highest BCUT2D eigenvalue weighted by molar-refractivity contribution is 9.10. The Bertz CT molecular complexity index is 557. The van der Waals surface area contributed by atoms with Gasteiger partial charge in [0.15, 0.2) is 0 Å². The highest BCUT2D eigenvalue weighted by atomic mass is 79.9. The van der Waals surface area contributed by atoms with Gasteiger partial charge < -0.3 is 5.11 Å². The van der Waals surface area contributed by atoms with Gasteiger partial charge in [0.05, 0.1) is 16.1 Å². The summed E-state index contributed by atoms with van der Waals surface area (Å²) in [6, 6.07) is 13.0. The lowest BCUT2D eigenvalue weighted by Crippen LogP contribution is -2.03. The van der Waals surface area contributed by atoms with Crippen molar-refractivity contribution in [1.29, 1.82) is 0 Å². The van der Waals surface area contributed by atoms with Gasteiger partial charge in [-0.2, -0.15) is 0 Å².